The van der Waals surface area contributed by atoms with E-state index in [1.54, 1.807) is 0 Å². The van der Waals surface area contributed by atoms with Crippen molar-refractivity contribution in [3.05, 3.63) is 114 Å². The zero-order valence-corrected chi connectivity index (χ0v) is 23.1. The molecule has 1 N–H and O–H groups in total. The number of aliphatic hydroxyl groups excluding tert-OH is 1. The van der Waals surface area contributed by atoms with Gasteiger partial charge in [-0.25, -0.2) is 0 Å². The molecule has 185 valence electrons. The van der Waals surface area contributed by atoms with Crippen LogP contribution in [0.1, 0.15) is 25.0 Å². The Bertz CT molecular complexity index is 1500. The maximum Gasteiger partial charge on any atom is 0.155 e. The number of aliphatic hydroxyl groups is 1. The minimum Gasteiger partial charge on any atom is -0.512 e. The van der Waals surface area contributed by atoms with Gasteiger partial charge in [0.1, 0.15) is 0 Å². The van der Waals surface area contributed by atoms with E-state index >= 15 is 0 Å². The number of hydrogen-bond acceptors (Lipinski definition) is 3. The summed E-state index contributed by atoms with van der Waals surface area (Å²) in [7, 11) is 0. The molecule has 5 nitrogen and oxygen atoms in total. The van der Waals surface area contributed by atoms with Gasteiger partial charge in [-0.05, 0) is 55.9 Å². The Morgan fingerprint density at radius 1 is 0.889 bits per heavy atom. The smallest absolute Gasteiger partial charge is 0.155 e. The first-order valence-corrected chi connectivity index (χ1v) is 11.4. The third-order valence-corrected chi connectivity index (χ3v) is 5.67. The van der Waals surface area contributed by atoms with Gasteiger partial charge in [0.05, 0.1) is 22.7 Å². The number of nitrogens with zero attached hydrogens (tertiary/aromatic N) is 3. The molecule has 0 spiro atoms. The van der Waals surface area contributed by atoms with E-state index in [-0.39, 0.29) is 31.6 Å². The Balaban J connectivity index is 0.000000400. The Kier molecular flexibility index (Phi) is 8.81. The van der Waals surface area contributed by atoms with E-state index in [4.69, 9.17) is 10.1 Å². The normalized spacial score (nSPS) is 10.9. The van der Waals surface area contributed by atoms with E-state index in [0.717, 1.165) is 33.5 Å². The van der Waals surface area contributed by atoms with E-state index in [1.165, 1.54) is 31.1 Å². The largest absolute Gasteiger partial charge is 0.512 e. The second kappa shape index (κ2) is 11.8. The molecule has 6 heteroatoms. The van der Waals surface area contributed by atoms with Crippen LogP contribution >= 0.6 is 0 Å². The van der Waals surface area contributed by atoms with Gasteiger partial charge in [0.2, 0.25) is 0 Å². The molecule has 3 aromatic heterocycles. The third kappa shape index (κ3) is 6.28. The summed E-state index contributed by atoms with van der Waals surface area (Å²) in [5.41, 5.74) is 7.68. The number of ketones is 1. The molecule has 0 saturated carbocycles. The van der Waals surface area contributed by atoms with Gasteiger partial charge in [0, 0.05) is 56.4 Å². The molecule has 2 aromatic carbocycles. The summed E-state index contributed by atoms with van der Waals surface area (Å²) in [6.07, 6.45) is 9.43. The summed E-state index contributed by atoms with van der Waals surface area (Å²) in [6.45, 7) is 7.08. The van der Waals surface area contributed by atoms with Crippen molar-refractivity contribution in [3.63, 3.8) is 0 Å². The first-order chi connectivity index (χ1) is 16.8. The van der Waals surface area contributed by atoms with Crippen LogP contribution in [0, 0.1) is 19.9 Å². The first kappa shape index (κ1) is 26.9. The van der Waals surface area contributed by atoms with Crippen molar-refractivity contribution < 1.29 is 30.0 Å². The van der Waals surface area contributed by atoms with E-state index in [0.29, 0.717) is 0 Å². The SMILES string of the molecule is CC(=O)/C=C(/C)O.Cc1c[c-]c(-c2ccc3cc(-n4cccc4)c(-n4cccc4)cc3n2)cc1C.[Ir]. The molecule has 5 aromatic rings. The van der Waals surface area contributed by atoms with Crippen LogP contribution in [0.3, 0.4) is 0 Å². The molecule has 0 amide bonds. The minimum atomic E-state index is -0.125. The number of allylic oxidation sites excluding steroid dienone is 2. The van der Waals surface area contributed by atoms with Crippen molar-refractivity contribution in [1.29, 1.82) is 0 Å². The van der Waals surface area contributed by atoms with Gasteiger partial charge in [-0.2, -0.15) is 0 Å². The molecule has 0 unspecified atom stereocenters. The van der Waals surface area contributed by atoms with Crippen molar-refractivity contribution in [2.45, 2.75) is 27.7 Å². The van der Waals surface area contributed by atoms with Gasteiger partial charge in [0.15, 0.2) is 5.78 Å². The van der Waals surface area contributed by atoms with Crippen LogP contribution in [0.2, 0.25) is 0 Å². The fourth-order valence-corrected chi connectivity index (χ4v) is 3.82. The number of aryl methyl sites for hydroxylation is 2. The zero-order valence-electron chi connectivity index (χ0n) is 20.7. The number of rotatable bonds is 4. The maximum atomic E-state index is 10.0. The van der Waals surface area contributed by atoms with Crippen molar-refractivity contribution >= 4 is 16.7 Å². The van der Waals surface area contributed by atoms with Crippen LogP contribution in [0.4, 0.5) is 0 Å². The average molecular weight is 655 g/mol. The van der Waals surface area contributed by atoms with Crippen molar-refractivity contribution in [3.8, 4) is 22.6 Å². The van der Waals surface area contributed by atoms with E-state index in [9.17, 15) is 4.79 Å². The number of carbonyl (C=O) groups excluding carboxylic acids is 1. The van der Waals surface area contributed by atoms with Crippen LogP contribution in [0.25, 0.3) is 33.5 Å². The van der Waals surface area contributed by atoms with Crippen LogP contribution in [-0.4, -0.2) is 25.0 Å². The van der Waals surface area contributed by atoms with Crippen LogP contribution in [0.5, 0.6) is 0 Å². The van der Waals surface area contributed by atoms with Gasteiger partial charge in [0.25, 0.3) is 0 Å². The van der Waals surface area contributed by atoms with Gasteiger partial charge in [-0.15, -0.1) is 34.9 Å². The summed E-state index contributed by atoms with van der Waals surface area (Å²) in [5.74, 6) is -0.0625. The molecule has 0 bridgehead atoms. The number of hydrogen-bond donors (Lipinski definition) is 1. The summed E-state index contributed by atoms with van der Waals surface area (Å²) in [6, 6.07) is 24.3. The maximum absolute atomic E-state index is 10.0. The Morgan fingerprint density at radius 3 is 1.97 bits per heavy atom. The Morgan fingerprint density at radius 2 is 1.47 bits per heavy atom. The predicted octanol–water partition coefficient (Wildman–Crippen LogP) is 6.93. The van der Waals surface area contributed by atoms with Crippen molar-refractivity contribution in [2.75, 3.05) is 0 Å². The molecule has 0 fully saturated rings. The fourth-order valence-electron chi connectivity index (χ4n) is 3.82. The summed E-state index contributed by atoms with van der Waals surface area (Å²) in [5, 5.41) is 9.48. The molecule has 3 heterocycles. The summed E-state index contributed by atoms with van der Waals surface area (Å²) < 4.78 is 4.27. The predicted molar refractivity (Wildman–Crippen MR) is 141 cm³/mol. The number of benzene rings is 2. The monoisotopic (exact) mass is 655 g/mol. The van der Waals surface area contributed by atoms with Crippen LogP contribution in [-0.2, 0) is 24.9 Å². The number of pyridine rings is 1. The minimum absolute atomic E-state index is 0. The number of aromatic nitrogens is 3. The molecule has 1 radical (unpaired) electrons. The summed E-state index contributed by atoms with van der Waals surface area (Å²) in [4.78, 5) is 15.0. The average Bonchev–Trinajstić information content (AvgIpc) is 3.54. The zero-order chi connectivity index (χ0) is 24.9. The van der Waals surface area contributed by atoms with Crippen LogP contribution < -0.4 is 0 Å². The van der Waals surface area contributed by atoms with Gasteiger partial charge in [-0.1, -0.05) is 26.0 Å². The van der Waals surface area contributed by atoms with Gasteiger partial charge >= 0.3 is 0 Å². The second-order valence-corrected chi connectivity index (χ2v) is 8.52. The molecule has 0 aliphatic heterocycles. The molecule has 5 rings (SSSR count). The number of carbonyl (C=O) groups is 1. The summed E-state index contributed by atoms with van der Waals surface area (Å²) >= 11 is 0. The molecule has 0 saturated heterocycles. The van der Waals surface area contributed by atoms with E-state index in [2.05, 4.69) is 84.2 Å². The molecule has 0 atom stereocenters. The van der Waals surface area contributed by atoms with E-state index in [1.807, 2.05) is 30.3 Å². The van der Waals surface area contributed by atoms with Crippen molar-refractivity contribution in [1.82, 2.24) is 14.1 Å². The first-order valence-electron chi connectivity index (χ1n) is 11.4. The van der Waals surface area contributed by atoms with Crippen molar-refractivity contribution in [2.24, 2.45) is 0 Å². The Hall–Kier alpha value is -3.73. The second-order valence-electron chi connectivity index (χ2n) is 8.52. The fraction of sp³-hybridized carbons (Fsp3) is 0.133. The Labute approximate surface area is 225 Å². The molecular weight excluding hydrogens is 627 g/mol. The number of fused-ring (bicyclic) bond motifs is 1. The standard InChI is InChI=1S/C25H20N3.C5H8O2.Ir/c1-18-7-8-20(15-19(18)2)22-10-9-21-16-24(27-11-3-4-12-27)25(17-23(21)26-22)28-13-5-6-14-28;1-4(6)3-5(2)7;/h3-7,9-17H,1-2H3;3,6H,1-2H3;/q-1;;/b;4-3-;. The molecule has 0 aliphatic carbocycles. The molecular formula is C30H28IrN3O2-. The third-order valence-electron chi connectivity index (χ3n) is 5.67. The van der Waals surface area contributed by atoms with Crippen LogP contribution in [0.15, 0.2) is 97.3 Å². The van der Waals surface area contributed by atoms with Gasteiger partial charge < -0.3 is 14.2 Å². The molecule has 0 aliphatic rings. The quantitative estimate of drug-likeness (QED) is 0.130. The van der Waals surface area contributed by atoms with E-state index < -0.39 is 0 Å². The topological polar surface area (TPSA) is 60.0 Å². The molecule has 36 heavy (non-hydrogen) atoms. The van der Waals surface area contributed by atoms with Gasteiger partial charge in [-0.3, -0.25) is 9.78 Å².